The minimum absolute atomic E-state index is 0.00773. The molecule has 20 nitrogen and oxygen atoms in total. The van der Waals surface area contributed by atoms with Crippen LogP contribution in [0.25, 0.3) is 0 Å². The van der Waals surface area contributed by atoms with Crippen molar-refractivity contribution in [3.05, 3.63) is 150 Å². The number of carbonyl (C=O) groups excluding carboxylic acids is 3. The van der Waals surface area contributed by atoms with Crippen LogP contribution in [0.5, 0.6) is 0 Å². The van der Waals surface area contributed by atoms with Gasteiger partial charge in [-0.25, -0.2) is 14.4 Å². The van der Waals surface area contributed by atoms with Crippen molar-refractivity contribution in [3.63, 3.8) is 0 Å². The van der Waals surface area contributed by atoms with Gasteiger partial charge in [0.2, 0.25) is 0 Å². The molecule has 298 valence electrons. The highest BCUT2D eigenvalue weighted by Gasteiger charge is 2.40. The van der Waals surface area contributed by atoms with Gasteiger partial charge in [0, 0.05) is 48.6 Å². The molecule has 1 heterocycles. The van der Waals surface area contributed by atoms with E-state index in [0.29, 0.717) is 16.7 Å². The molecule has 0 bridgehead atoms. The van der Waals surface area contributed by atoms with Gasteiger partial charge in [0.05, 0.1) is 45.3 Å². The maximum Gasteiger partial charge on any atom is 0.414 e. The number of esters is 1. The van der Waals surface area contributed by atoms with Gasteiger partial charge in [0.1, 0.15) is 19.8 Å². The second kappa shape index (κ2) is 18.1. The monoisotopic (exact) mass is 807 g/mol. The van der Waals surface area contributed by atoms with E-state index < -0.39 is 55.2 Å². The van der Waals surface area contributed by atoms with Crippen LogP contribution in [0.15, 0.2) is 97.1 Å². The first-order valence-electron chi connectivity index (χ1n) is 16.8. The van der Waals surface area contributed by atoms with E-state index in [4.69, 9.17) is 18.4 Å². The number of benzene rings is 4. The van der Waals surface area contributed by atoms with Crippen LogP contribution >= 0.6 is 0 Å². The number of likely N-dealkylation sites (tertiary alicyclic amines) is 1. The fourth-order valence-electron chi connectivity index (χ4n) is 5.71. The molecule has 0 unspecified atom stereocenters. The van der Waals surface area contributed by atoms with Crippen molar-refractivity contribution in [1.29, 1.82) is 0 Å². The molecule has 1 aliphatic heterocycles. The lowest BCUT2D eigenvalue weighted by Gasteiger charge is -2.30. The number of carbonyl (C=O) groups is 3. The predicted molar refractivity (Wildman–Crippen MR) is 197 cm³/mol. The van der Waals surface area contributed by atoms with Crippen molar-refractivity contribution in [3.8, 4) is 0 Å². The molecule has 0 spiro atoms. The van der Waals surface area contributed by atoms with Crippen LogP contribution in [0.3, 0.4) is 0 Å². The standard InChI is InChI=1S/C36H33N5O15S/c1-57(51,52)56-33-18-32(38(20-33)36(44)55-23-26-9-15-30(16-10-26)41(49)50)19-37(35(43)54-22-25-7-13-29(14-8-25)40(47)48)31-4-2-3-27(17-31)34(42)53-21-24-5-11-28(12-6-24)39(45)46/h2-17,32-33H,18-23H2,1H3/t32-,33+/m0/s1. The van der Waals surface area contributed by atoms with Crippen LogP contribution in [0, 0.1) is 30.3 Å². The van der Waals surface area contributed by atoms with Crippen LogP contribution < -0.4 is 4.90 Å². The summed E-state index contributed by atoms with van der Waals surface area (Å²) in [6.07, 6.45) is -2.19. The van der Waals surface area contributed by atoms with E-state index in [9.17, 15) is 53.1 Å². The Kier molecular flexibility index (Phi) is 13.1. The highest BCUT2D eigenvalue weighted by molar-refractivity contribution is 7.86. The first-order valence-corrected chi connectivity index (χ1v) is 18.6. The number of hydrogen-bond acceptors (Lipinski definition) is 15. The average Bonchev–Trinajstić information content (AvgIpc) is 3.58. The highest BCUT2D eigenvalue weighted by atomic mass is 32.2. The van der Waals surface area contributed by atoms with Crippen molar-refractivity contribution in [2.45, 2.75) is 38.4 Å². The Bertz CT molecular complexity index is 2250. The van der Waals surface area contributed by atoms with Crippen molar-refractivity contribution in [2.75, 3.05) is 24.2 Å². The van der Waals surface area contributed by atoms with Gasteiger partial charge >= 0.3 is 18.2 Å². The second-order valence-electron chi connectivity index (χ2n) is 12.6. The molecule has 2 atom stereocenters. The van der Waals surface area contributed by atoms with Crippen molar-refractivity contribution >= 4 is 51.0 Å². The summed E-state index contributed by atoms with van der Waals surface area (Å²) in [5.74, 6) is -0.812. The van der Waals surface area contributed by atoms with Crippen LogP contribution in [0.4, 0.5) is 32.3 Å². The van der Waals surface area contributed by atoms with Gasteiger partial charge < -0.3 is 19.1 Å². The third kappa shape index (κ3) is 11.5. The lowest BCUT2D eigenvalue weighted by molar-refractivity contribution is -0.385. The highest BCUT2D eigenvalue weighted by Crippen LogP contribution is 2.28. The zero-order valence-corrected chi connectivity index (χ0v) is 30.7. The first kappa shape index (κ1) is 41.2. The van der Waals surface area contributed by atoms with E-state index in [1.165, 1.54) is 102 Å². The van der Waals surface area contributed by atoms with Gasteiger partial charge in [-0.05, 0) is 77.7 Å². The van der Waals surface area contributed by atoms with E-state index in [2.05, 4.69) is 0 Å². The summed E-state index contributed by atoms with van der Waals surface area (Å²) in [6.45, 7) is -1.48. The molecule has 4 aromatic carbocycles. The number of amides is 2. The molecule has 57 heavy (non-hydrogen) atoms. The molecule has 4 aromatic rings. The van der Waals surface area contributed by atoms with Crippen LogP contribution in [0.2, 0.25) is 0 Å². The van der Waals surface area contributed by atoms with Crippen LogP contribution in [-0.2, 0) is 48.3 Å². The quantitative estimate of drug-likeness (QED) is 0.0461. The number of non-ortho nitro benzene ring substituents is 3. The summed E-state index contributed by atoms with van der Waals surface area (Å²) in [5, 5.41) is 33.1. The molecule has 1 aliphatic rings. The normalized spacial score (nSPS) is 15.0. The largest absolute Gasteiger partial charge is 0.457 e. The summed E-state index contributed by atoms with van der Waals surface area (Å²) in [7, 11) is -4.00. The molecule has 0 saturated carbocycles. The number of nitro groups is 3. The number of ether oxygens (including phenoxy) is 3. The zero-order valence-electron chi connectivity index (χ0n) is 29.9. The molecule has 21 heteroatoms. The maximum atomic E-state index is 13.8. The number of anilines is 1. The van der Waals surface area contributed by atoms with E-state index in [0.717, 1.165) is 11.2 Å². The summed E-state index contributed by atoms with van der Waals surface area (Å²) in [5.41, 5.74) is 0.871. The van der Waals surface area contributed by atoms with Gasteiger partial charge in [-0.1, -0.05) is 6.07 Å². The van der Waals surface area contributed by atoms with Crippen molar-refractivity contribution in [1.82, 2.24) is 4.90 Å². The Balaban J connectivity index is 1.39. The third-order valence-electron chi connectivity index (χ3n) is 8.46. The molecular formula is C36H33N5O15S. The molecular weight excluding hydrogens is 774 g/mol. The molecule has 1 fully saturated rings. The molecule has 5 rings (SSSR count). The van der Waals surface area contributed by atoms with E-state index in [-0.39, 0.29) is 67.6 Å². The minimum Gasteiger partial charge on any atom is -0.457 e. The molecule has 0 radical (unpaired) electrons. The lowest BCUT2D eigenvalue weighted by Crippen LogP contribution is -2.46. The van der Waals surface area contributed by atoms with Crippen molar-refractivity contribution < 1.29 is 56.0 Å². The van der Waals surface area contributed by atoms with Gasteiger partial charge in [-0.2, -0.15) is 8.42 Å². The van der Waals surface area contributed by atoms with Gasteiger partial charge in [-0.3, -0.25) is 39.4 Å². The average molecular weight is 808 g/mol. The Hall–Kier alpha value is -7.00. The molecule has 0 aromatic heterocycles. The molecule has 1 saturated heterocycles. The van der Waals surface area contributed by atoms with Crippen molar-refractivity contribution in [2.24, 2.45) is 0 Å². The Labute approximate surface area is 323 Å². The fraction of sp³-hybridized carbons (Fsp3) is 0.250. The number of nitrogens with zero attached hydrogens (tertiary/aromatic N) is 5. The van der Waals surface area contributed by atoms with E-state index in [1.54, 1.807) is 0 Å². The second-order valence-corrected chi connectivity index (χ2v) is 14.2. The van der Waals surface area contributed by atoms with Gasteiger partial charge in [-0.15, -0.1) is 0 Å². The molecule has 0 aliphatic carbocycles. The molecule has 0 N–H and O–H groups in total. The topological polar surface area (TPSA) is 258 Å². The summed E-state index contributed by atoms with van der Waals surface area (Å²) in [4.78, 5) is 74.1. The summed E-state index contributed by atoms with van der Waals surface area (Å²) in [6, 6.07) is 20.6. The SMILES string of the molecule is CS(=O)(=O)O[C@@H]1C[C@@H](CN(C(=O)OCc2ccc([N+](=O)[O-])cc2)c2cccc(C(=O)OCc3ccc([N+](=O)[O-])cc3)c2)N(C(=O)OCc2ccc([N+](=O)[O-])cc2)C1. The Morgan fingerprint density at radius 3 is 1.67 bits per heavy atom. The Morgan fingerprint density at radius 1 is 0.719 bits per heavy atom. The minimum atomic E-state index is -4.00. The Morgan fingerprint density at radius 2 is 1.19 bits per heavy atom. The third-order valence-corrected chi connectivity index (χ3v) is 9.09. The molecule has 2 amide bonds. The van der Waals surface area contributed by atoms with E-state index in [1.807, 2.05) is 0 Å². The summed E-state index contributed by atoms with van der Waals surface area (Å²) >= 11 is 0. The smallest absolute Gasteiger partial charge is 0.414 e. The maximum absolute atomic E-state index is 13.8. The zero-order chi connectivity index (χ0) is 41.3. The summed E-state index contributed by atoms with van der Waals surface area (Å²) < 4.78 is 45.8. The van der Waals surface area contributed by atoms with Gasteiger partial charge in [0.25, 0.3) is 27.2 Å². The first-order chi connectivity index (χ1) is 27.1. The predicted octanol–water partition coefficient (Wildman–Crippen LogP) is 5.67. The number of nitro benzene ring substituents is 3. The number of hydrogen-bond donors (Lipinski definition) is 0. The van der Waals surface area contributed by atoms with Crippen LogP contribution in [0.1, 0.15) is 33.5 Å². The van der Waals surface area contributed by atoms with Crippen LogP contribution in [-0.4, -0.2) is 77.7 Å². The van der Waals surface area contributed by atoms with Gasteiger partial charge in [0.15, 0.2) is 0 Å². The van der Waals surface area contributed by atoms with E-state index >= 15 is 0 Å². The number of rotatable bonds is 15. The fourth-order valence-corrected chi connectivity index (χ4v) is 6.34. The lowest BCUT2D eigenvalue weighted by atomic mass is 10.1.